The van der Waals surface area contributed by atoms with Crippen LogP contribution in [0.3, 0.4) is 0 Å². The number of amides is 1. The maximum Gasteiger partial charge on any atom is 0.261 e. The van der Waals surface area contributed by atoms with E-state index in [2.05, 4.69) is 17.1 Å². The molecule has 1 amide bonds. The van der Waals surface area contributed by atoms with Crippen LogP contribution < -0.4 is 5.32 Å². The molecule has 5 heteroatoms. The normalized spacial score (nSPS) is 28.8. The lowest BCUT2D eigenvalue weighted by atomic mass is 9.79. The van der Waals surface area contributed by atoms with Crippen LogP contribution in [-0.2, 0) is 0 Å². The summed E-state index contributed by atoms with van der Waals surface area (Å²) in [6, 6.07) is 12.5. The number of halogens is 1. The van der Waals surface area contributed by atoms with Crippen molar-refractivity contribution in [2.45, 2.75) is 31.8 Å². The zero-order chi connectivity index (χ0) is 16.7. The number of carbonyl (C=O) groups excluding carboxylic acids is 1. The third-order valence-electron chi connectivity index (χ3n) is 5.42. The number of fused-ring (bicyclic) bond motifs is 3. The number of thiophene rings is 1. The summed E-state index contributed by atoms with van der Waals surface area (Å²) in [5.74, 6) is 0.618. The first kappa shape index (κ1) is 16.1. The maximum atomic E-state index is 12.8. The van der Waals surface area contributed by atoms with Crippen molar-refractivity contribution in [3.8, 4) is 10.4 Å². The fourth-order valence-electron chi connectivity index (χ4n) is 4.03. The Bertz CT molecular complexity index is 735. The summed E-state index contributed by atoms with van der Waals surface area (Å²) in [6.45, 7) is 4.56. The molecule has 3 fully saturated rings. The van der Waals surface area contributed by atoms with E-state index in [-0.39, 0.29) is 11.9 Å². The number of nitrogens with one attached hydrogen (secondary N) is 1. The molecule has 5 rings (SSSR count). The molecule has 0 aliphatic carbocycles. The maximum absolute atomic E-state index is 12.8. The molecule has 0 saturated carbocycles. The van der Waals surface area contributed by atoms with Crippen LogP contribution in [0.25, 0.3) is 10.4 Å². The smallest absolute Gasteiger partial charge is 0.261 e. The summed E-state index contributed by atoms with van der Waals surface area (Å²) >= 11 is 7.85. The monoisotopic (exact) mass is 360 g/mol. The van der Waals surface area contributed by atoms with Gasteiger partial charge in [-0.2, -0.15) is 0 Å². The molecule has 3 nitrogen and oxygen atoms in total. The SMILES string of the molecule is C[C@H]1[C@H](NC(=O)c2cc(Cl)c(-c3ccccc3)s2)C2CCN1CC2. The zero-order valence-electron chi connectivity index (χ0n) is 13.7. The predicted molar refractivity (Wildman–Crippen MR) is 99.8 cm³/mol. The summed E-state index contributed by atoms with van der Waals surface area (Å²) in [5.41, 5.74) is 1.06. The van der Waals surface area contributed by atoms with Gasteiger partial charge in [0.25, 0.3) is 5.91 Å². The number of piperidine rings is 3. The number of hydrogen-bond acceptors (Lipinski definition) is 3. The Labute approximate surface area is 151 Å². The van der Waals surface area contributed by atoms with Crippen molar-refractivity contribution in [3.05, 3.63) is 46.3 Å². The average Bonchev–Trinajstić information content (AvgIpc) is 3.01. The van der Waals surface area contributed by atoms with E-state index in [1.165, 1.54) is 37.3 Å². The number of hydrogen-bond donors (Lipinski definition) is 1. The molecule has 2 aromatic rings. The summed E-state index contributed by atoms with van der Waals surface area (Å²) in [5, 5.41) is 3.93. The second-order valence-corrected chi connectivity index (χ2v) is 8.23. The van der Waals surface area contributed by atoms with Crippen LogP contribution in [0.15, 0.2) is 36.4 Å². The topological polar surface area (TPSA) is 32.3 Å². The van der Waals surface area contributed by atoms with E-state index >= 15 is 0 Å². The van der Waals surface area contributed by atoms with Gasteiger partial charge in [0.15, 0.2) is 0 Å². The zero-order valence-corrected chi connectivity index (χ0v) is 15.2. The molecule has 24 heavy (non-hydrogen) atoms. The number of carbonyl (C=O) groups is 1. The fourth-order valence-corrected chi connectivity index (χ4v) is 5.39. The van der Waals surface area contributed by atoms with Crippen LogP contribution >= 0.6 is 22.9 Å². The van der Waals surface area contributed by atoms with Crippen LogP contribution in [-0.4, -0.2) is 36.0 Å². The highest BCUT2D eigenvalue weighted by Crippen LogP contribution is 2.37. The Morgan fingerprint density at radius 3 is 2.62 bits per heavy atom. The van der Waals surface area contributed by atoms with E-state index in [0.717, 1.165) is 10.4 Å². The lowest BCUT2D eigenvalue weighted by molar-refractivity contribution is 0.0218. The summed E-state index contributed by atoms with van der Waals surface area (Å²) in [4.78, 5) is 16.9. The molecule has 3 saturated heterocycles. The van der Waals surface area contributed by atoms with Crippen LogP contribution in [0.4, 0.5) is 0 Å². The number of nitrogens with zero attached hydrogens (tertiary/aromatic N) is 1. The van der Waals surface area contributed by atoms with Crippen LogP contribution in [0, 0.1) is 5.92 Å². The standard InChI is InChI=1S/C19H21ClN2OS/c1-12-17(13-7-9-22(12)10-8-13)21-19(23)16-11-15(20)18(24-16)14-5-3-2-4-6-14/h2-6,11-13,17H,7-10H2,1H3,(H,21,23)/t12-,17-/m0/s1. The second-order valence-electron chi connectivity index (χ2n) is 6.77. The first-order valence-electron chi connectivity index (χ1n) is 8.53. The van der Waals surface area contributed by atoms with E-state index in [4.69, 9.17) is 11.6 Å². The summed E-state index contributed by atoms with van der Waals surface area (Å²) in [6.07, 6.45) is 2.38. The van der Waals surface area contributed by atoms with Crippen molar-refractivity contribution in [1.29, 1.82) is 0 Å². The highest BCUT2D eigenvalue weighted by atomic mass is 35.5. The van der Waals surface area contributed by atoms with Gasteiger partial charge in [0.1, 0.15) is 0 Å². The van der Waals surface area contributed by atoms with Crippen molar-refractivity contribution in [2.24, 2.45) is 5.92 Å². The van der Waals surface area contributed by atoms with Gasteiger partial charge in [-0.15, -0.1) is 11.3 Å². The van der Waals surface area contributed by atoms with Crippen molar-refractivity contribution in [2.75, 3.05) is 13.1 Å². The van der Waals surface area contributed by atoms with Gasteiger partial charge in [0, 0.05) is 12.1 Å². The van der Waals surface area contributed by atoms with Gasteiger partial charge in [-0.25, -0.2) is 0 Å². The summed E-state index contributed by atoms with van der Waals surface area (Å²) < 4.78 is 0. The number of benzene rings is 1. The van der Waals surface area contributed by atoms with E-state index < -0.39 is 0 Å². The Morgan fingerprint density at radius 1 is 1.25 bits per heavy atom. The van der Waals surface area contributed by atoms with Gasteiger partial charge in [-0.3, -0.25) is 9.69 Å². The third-order valence-corrected chi connectivity index (χ3v) is 7.02. The van der Waals surface area contributed by atoms with Crippen molar-refractivity contribution >= 4 is 28.8 Å². The van der Waals surface area contributed by atoms with Crippen LogP contribution in [0.1, 0.15) is 29.4 Å². The molecule has 126 valence electrons. The molecule has 2 atom stereocenters. The minimum Gasteiger partial charge on any atom is -0.347 e. The fraction of sp³-hybridized carbons (Fsp3) is 0.421. The third kappa shape index (κ3) is 2.87. The van der Waals surface area contributed by atoms with E-state index in [9.17, 15) is 4.79 Å². The van der Waals surface area contributed by atoms with Crippen molar-refractivity contribution < 1.29 is 4.79 Å². The molecular weight excluding hydrogens is 340 g/mol. The van der Waals surface area contributed by atoms with E-state index in [1.54, 1.807) is 6.07 Å². The van der Waals surface area contributed by atoms with Crippen LogP contribution in [0.2, 0.25) is 5.02 Å². The highest BCUT2D eigenvalue weighted by Gasteiger charge is 2.40. The molecule has 0 unspecified atom stereocenters. The molecule has 0 radical (unpaired) electrons. The first-order chi connectivity index (χ1) is 11.6. The Balaban J connectivity index is 1.53. The molecule has 4 heterocycles. The van der Waals surface area contributed by atoms with Gasteiger partial charge in [-0.1, -0.05) is 41.9 Å². The first-order valence-corrected chi connectivity index (χ1v) is 9.72. The largest absolute Gasteiger partial charge is 0.347 e. The van der Waals surface area contributed by atoms with Crippen LogP contribution in [0.5, 0.6) is 0 Å². The quantitative estimate of drug-likeness (QED) is 0.885. The van der Waals surface area contributed by atoms with Gasteiger partial charge < -0.3 is 5.32 Å². The highest BCUT2D eigenvalue weighted by molar-refractivity contribution is 7.18. The van der Waals surface area contributed by atoms with E-state index in [1.807, 2.05) is 30.3 Å². The van der Waals surface area contributed by atoms with Crippen molar-refractivity contribution in [1.82, 2.24) is 10.2 Å². The molecule has 1 N–H and O–H groups in total. The molecule has 0 spiro atoms. The lowest BCUT2D eigenvalue weighted by Crippen LogP contribution is -2.62. The molecule has 3 aliphatic heterocycles. The molecule has 2 bridgehead atoms. The Morgan fingerprint density at radius 2 is 1.96 bits per heavy atom. The van der Waals surface area contributed by atoms with Gasteiger partial charge >= 0.3 is 0 Å². The molecule has 1 aromatic carbocycles. The Hall–Kier alpha value is -1.36. The lowest BCUT2D eigenvalue weighted by Gasteiger charge is -2.49. The predicted octanol–water partition coefficient (Wildman–Crippen LogP) is 4.28. The van der Waals surface area contributed by atoms with Gasteiger partial charge in [0.2, 0.25) is 0 Å². The minimum atomic E-state index is 0.00896. The van der Waals surface area contributed by atoms with Gasteiger partial charge in [0.05, 0.1) is 14.8 Å². The average molecular weight is 361 g/mol. The second kappa shape index (κ2) is 6.51. The minimum absolute atomic E-state index is 0.00896. The number of rotatable bonds is 3. The summed E-state index contributed by atoms with van der Waals surface area (Å²) in [7, 11) is 0. The molecular formula is C19H21ClN2OS. The molecule has 1 aromatic heterocycles. The van der Waals surface area contributed by atoms with Gasteiger partial charge in [-0.05, 0) is 50.4 Å². The van der Waals surface area contributed by atoms with E-state index in [0.29, 0.717) is 21.9 Å². The van der Waals surface area contributed by atoms with Crippen molar-refractivity contribution in [3.63, 3.8) is 0 Å². The molecule has 3 aliphatic rings. The Kier molecular flexibility index (Phi) is 4.37.